The van der Waals surface area contributed by atoms with Crippen LogP contribution in [0.25, 0.3) is 0 Å². The fraction of sp³-hybridized carbons (Fsp3) is 0.875. The summed E-state index contributed by atoms with van der Waals surface area (Å²) in [6, 6.07) is 0. The van der Waals surface area contributed by atoms with Crippen LogP contribution in [-0.4, -0.2) is 56.0 Å². The van der Waals surface area contributed by atoms with Crippen LogP contribution in [0.4, 0.5) is 0 Å². The van der Waals surface area contributed by atoms with Crippen LogP contribution in [0.5, 0.6) is 0 Å². The molecule has 2 N–H and O–H groups in total. The topological polar surface area (TPSA) is 42.4 Å². The normalized spacial score (nSPS) is 20.3. The first-order valence-corrected chi connectivity index (χ1v) is 4.44. The maximum absolute atomic E-state index is 7.59. The SMILES string of the molecule is CNC(=N)N1CCCN(C)CC1. The maximum atomic E-state index is 7.59. The molecule has 70 valence electrons. The number of likely N-dealkylation sites (N-methyl/N-ethyl adjacent to an activating group) is 1. The van der Waals surface area contributed by atoms with Gasteiger partial charge < -0.3 is 15.1 Å². The summed E-state index contributed by atoms with van der Waals surface area (Å²) < 4.78 is 0. The molecule has 0 amide bonds. The monoisotopic (exact) mass is 170 g/mol. The van der Waals surface area contributed by atoms with Crippen molar-refractivity contribution in [3.63, 3.8) is 0 Å². The summed E-state index contributed by atoms with van der Waals surface area (Å²) in [7, 11) is 3.93. The molecule has 0 atom stereocenters. The maximum Gasteiger partial charge on any atom is 0.190 e. The van der Waals surface area contributed by atoms with Gasteiger partial charge in [-0.05, 0) is 20.0 Å². The molecule has 0 aromatic carbocycles. The Balaban J connectivity index is 2.40. The third kappa shape index (κ3) is 2.37. The molecule has 1 aliphatic heterocycles. The molecule has 0 unspecified atom stereocenters. The summed E-state index contributed by atoms with van der Waals surface area (Å²) in [5.41, 5.74) is 0. The molecule has 1 saturated heterocycles. The van der Waals surface area contributed by atoms with E-state index in [0.717, 1.165) is 32.6 Å². The molecule has 0 saturated carbocycles. The molecular formula is C8H18N4. The summed E-state index contributed by atoms with van der Waals surface area (Å²) in [6.07, 6.45) is 1.15. The average molecular weight is 170 g/mol. The second-order valence-corrected chi connectivity index (χ2v) is 3.24. The van der Waals surface area contributed by atoms with Crippen LogP contribution in [-0.2, 0) is 0 Å². The zero-order valence-electron chi connectivity index (χ0n) is 7.93. The minimum absolute atomic E-state index is 0.547. The molecule has 1 aliphatic rings. The number of rotatable bonds is 0. The van der Waals surface area contributed by atoms with E-state index in [1.165, 1.54) is 0 Å². The van der Waals surface area contributed by atoms with E-state index in [2.05, 4.69) is 22.2 Å². The summed E-state index contributed by atoms with van der Waals surface area (Å²) in [5.74, 6) is 0.547. The summed E-state index contributed by atoms with van der Waals surface area (Å²) in [5, 5.41) is 10.5. The molecule has 1 fully saturated rings. The Kier molecular flexibility index (Phi) is 3.34. The van der Waals surface area contributed by atoms with Crippen LogP contribution in [0.1, 0.15) is 6.42 Å². The third-order valence-electron chi connectivity index (χ3n) is 2.27. The second kappa shape index (κ2) is 4.30. The first kappa shape index (κ1) is 9.32. The van der Waals surface area contributed by atoms with E-state index in [1.807, 2.05) is 0 Å². The van der Waals surface area contributed by atoms with E-state index in [4.69, 9.17) is 5.41 Å². The van der Waals surface area contributed by atoms with Gasteiger partial charge in [-0.15, -0.1) is 0 Å². The Bertz CT molecular complexity index is 157. The van der Waals surface area contributed by atoms with Crippen molar-refractivity contribution >= 4 is 5.96 Å². The van der Waals surface area contributed by atoms with E-state index in [9.17, 15) is 0 Å². The van der Waals surface area contributed by atoms with Gasteiger partial charge in [-0.2, -0.15) is 0 Å². The molecular weight excluding hydrogens is 152 g/mol. The smallest absolute Gasteiger partial charge is 0.190 e. The number of hydrogen-bond donors (Lipinski definition) is 2. The van der Waals surface area contributed by atoms with Crippen molar-refractivity contribution in [3.05, 3.63) is 0 Å². The first-order chi connectivity index (χ1) is 5.74. The van der Waals surface area contributed by atoms with Gasteiger partial charge in [0, 0.05) is 26.7 Å². The Hall–Kier alpha value is -0.770. The molecule has 0 bridgehead atoms. The molecule has 1 rings (SSSR count). The van der Waals surface area contributed by atoms with Gasteiger partial charge in [0.05, 0.1) is 0 Å². The minimum Gasteiger partial charge on any atom is -0.359 e. The fourth-order valence-corrected chi connectivity index (χ4v) is 1.43. The van der Waals surface area contributed by atoms with Crippen LogP contribution < -0.4 is 5.32 Å². The highest BCUT2D eigenvalue weighted by Crippen LogP contribution is 1.99. The van der Waals surface area contributed by atoms with E-state index in [0.29, 0.717) is 5.96 Å². The van der Waals surface area contributed by atoms with Crippen molar-refractivity contribution in [3.8, 4) is 0 Å². The lowest BCUT2D eigenvalue weighted by Gasteiger charge is -2.22. The number of nitrogens with one attached hydrogen (secondary N) is 2. The van der Waals surface area contributed by atoms with E-state index >= 15 is 0 Å². The van der Waals surface area contributed by atoms with Crippen LogP contribution in [0.15, 0.2) is 0 Å². The van der Waals surface area contributed by atoms with Crippen molar-refractivity contribution in [1.82, 2.24) is 15.1 Å². The second-order valence-electron chi connectivity index (χ2n) is 3.24. The molecule has 4 nitrogen and oxygen atoms in total. The highest BCUT2D eigenvalue weighted by atomic mass is 15.3. The highest BCUT2D eigenvalue weighted by Gasteiger charge is 2.12. The van der Waals surface area contributed by atoms with Gasteiger partial charge in [0.15, 0.2) is 5.96 Å². The van der Waals surface area contributed by atoms with Crippen molar-refractivity contribution in [2.24, 2.45) is 0 Å². The lowest BCUT2D eigenvalue weighted by Crippen LogP contribution is -2.40. The molecule has 4 heteroatoms. The molecule has 0 aliphatic carbocycles. The third-order valence-corrected chi connectivity index (χ3v) is 2.27. The van der Waals surface area contributed by atoms with Gasteiger partial charge >= 0.3 is 0 Å². The molecule has 0 radical (unpaired) electrons. The molecule has 1 heterocycles. The standard InChI is InChI=1S/C8H18N4/c1-10-8(9)12-5-3-4-11(2)6-7-12/h3-7H2,1-2H3,(H2,9,10). The van der Waals surface area contributed by atoms with E-state index < -0.39 is 0 Å². The number of hydrogen-bond acceptors (Lipinski definition) is 2. The van der Waals surface area contributed by atoms with Crippen molar-refractivity contribution in [2.75, 3.05) is 40.3 Å². The average Bonchev–Trinajstić information content (AvgIpc) is 2.29. The molecule has 12 heavy (non-hydrogen) atoms. The molecule has 0 spiro atoms. The summed E-state index contributed by atoms with van der Waals surface area (Å²) in [4.78, 5) is 4.40. The fourth-order valence-electron chi connectivity index (χ4n) is 1.43. The predicted molar refractivity (Wildman–Crippen MR) is 50.5 cm³/mol. The zero-order chi connectivity index (χ0) is 8.97. The quantitative estimate of drug-likeness (QED) is 0.390. The van der Waals surface area contributed by atoms with Crippen LogP contribution in [0.2, 0.25) is 0 Å². The Morgan fingerprint density at radius 2 is 2.00 bits per heavy atom. The van der Waals surface area contributed by atoms with Crippen LogP contribution >= 0.6 is 0 Å². The van der Waals surface area contributed by atoms with Gasteiger partial charge in [-0.3, -0.25) is 5.41 Å². The van der Waals surface area contributed by atoms with Gasteiger partial charge in [0.2, 0.25) is 0 Å². The van der Waals surface area contributed by atoms with Gasteiger partial charge in [0.1, 0.15) is 0 Å². The minimum atomic E-state index is 0.547. The van der Waals surface area contributed by atoms with Crippen LogP contribution in [0.3, 0.4) is 0 Å². The van der Waals surface area contributed by atoms with Crippen molar-refractivity contribution in [2.45, 2.75) is 6.42 Å². The van der Waals surface area contributed by atoms with E-state index in [1.54, 1.807) is 7.05 Å². The Labute approximate surface area is 74.0 Å². The van der Waals surface area contributed by atoms with Gasteiger partial charge in [0.25, 0.3) is 0 Å². The first-order valence-electron chi connectivity index (χ1n) is 4.44. The lowest BCUT2D eigenvalue weighted by atomic mass is 10.4. The van der Waals surface area contributed by atoms with Crippen LogP contribution in [0, 0.1) is 5.41 Å². The number of nitrogens with zero attached hydrogens (tertiary/aromatic N) is 2. The lowest BCUT2D eigenvalue weighted by molar-refractivity contribution is 0.344. The predicted octanol–water partition coefficient (Wildman–Crippen LogP) is -0.222. The van der Waals surface area contributed by atoms with Gasteiger partial charge in [-0.1, -0.05) is 0 Å². The molecule has 0 aromatic heterocycles. The number of guanidine groups is 1. The Morgan fingerprint density at radius 1 is 1.25 bits per heavy atom. The molecule has 0 aromatic rings. The Morgan fingerprint density at radius 3 is 2.67 bits per heavy atom. The largest absolute Gasteiger partial charge is 0.359 e. The summed E-state index contributed by atoms with van der Waals surface area (Å²) in [6.45, 7) is 4.18. The highest BCUT2D eigenvalue weighted by molar-refractivity contribution is 5.76. The van der Waals surface area contributed by atoms with Crippen molar-refractivity contribution < 1.29 is 0 Å². The summed E-state index contributed by atoms with van der Waals surface area (Å²) >= 11 is 0. The van der Waals surface area contributed by atoms with E-state index in [-0.39, 0.29) is 0 Å². The van der Waals surface area contributed by atoms with Crippen molar-refractivity contribution in [1.29, 1.82) is 5.41 Å². The van der Waals surface area contributed by atoms with Gasteiger partial charge in [-0.25, -0.2) is 0 Å². The zero-order valence-corrected chi connectivity index (χ0v) is 7.93.